The number of hydrogen-bond acceptors (Lipinski definition) is 3. The first-order valence-electron chi connectivity index (χ1n) is 10.3. The summed E-state index contributed by atoms with van der Waals surface area (Å²) >= 11 is 0. The fourth-order valence-corrected chi connectivity index (χ4v) is 3.91. The molecule has 0 saturated heterocycles. The van der Waals surface area contributed by atoms with Gasteiger partial charge in [0.25, 0.3) is 5.91 Å². The van der Waals surface area contributed by atoms with Gasteiger partial charge in [-0.2, -0.15) is 13.2 Å². The molecule has 0 unspecified atom stereocenters. The number of aromatic hydroxyl groups is 1. The molecular weight excluding hydrogens is 412 g/mol. The predicted octanol–water partition coefficient (Wildman–Crippen LogP) is 4.94. The Labute approximate surface area is 178 Å². The zero-order chi connectivity index (χ0) is 22.6. The van der Waals surface area contributed by atoms with Crippen LogP contribution in [0.3, 0.4) is 0 Å². The van der Waals surface area contributed by atoms with Gasteiger partial charge in [0.15, 0.2) is 0 Å². The van der Waals surface area contributed by atoms with Crippen molar-refractivity contribution in [2.75, 3.05) is 6.54 Å². The van der Waals surface area contributed by atoms with E-state index in [9.17, 15) is 27.5 Å². The number of alkyl halides is 3. The minimum absolute atomic E-state index is 0.213. The average molecular weight is 438 g/mol. The van der Waals surface area contributed by atoms with E-state index in [0.717, 1.165) is 42.9 Å². The van der Waals surface area contributed by atoms with Crippen molar-refractivity contribution in [1.82, 2.24) is 10.6 Å². The molecule has 168 valence electrons. The molecule has 1 saturated carbocycles. The second-order valence-electron chi connectivity index (χ2n) is 8.12. The van der Waals surface area contributed by atoms with Crippen LogP contribution in [0, 0.1) is 18.7 Å². The molecule has 31 heavy (non-hydrogen) atoms. The van der Waals surface area contributed by atoms with Crippen molar-refractivity contribution >= 4 is 5.91 Å². The third-order valence-electron chi connectivity index (χ3n) is 5.79. The number of para-hydroxylation sites is 1. The van der Waals surface area contributed by atoms with E-state index in [1.54, 1.807) is 0 Å². The maximum absolute atomic E-state index is 13.5. The van der Waals surface area contributed by atoms with Crippen molar-refractivity contribution in [3.05, 3.63) is 64.5 Å². The maximum atomic E-state index is 13.5. The third-order valence-corrected chi connectivity index (χ3v) is 5.79. The van der Waals surface area contributed by atoms with Gasteiger partial charge >= 0.3 is 6.18 Å². The lowest BCUT2D eigenvalue weighted by atomic mass is 9.86. The Balaban J connectivity index is 1.46. The molecule has 1 amide bonds. The highest BCUT2D eigenvalue weighted by molar-refractivity contribution is 5.94. The minimum Gasteiger partial charge on any atom is -0.507 e. The lowest BCUT2D eigenvalue weighted by molar-refractivity contribution is -0.137. The molecule has 0 aromatic heterocycles. The Bertz CT molecular complexity index is 922. The topological polar surface area (TPSA) is 61.4 Å². The maximum Gasteiger partial charge on any atom is 0.416 e. The number of phenolic OH excluding ortho intramolecular Hbond substituents is 1. The van der Waals surface area contributed by atoms with E-state index in [1.807, 2.05) is 25.1 Å². The fraction of sp³-hybridized carbons (Fsp3) is 0.435. The van der Waals surface area contributed by atoms with E-state index in [0.29, 0.717) is 37.0 Å². The molecule has 1 fully saturated rings. The van der Waals surface area contributed by atoms with Crippen LogP contribution in [-0.4, -0.2) is 23.6 Å². The number of hydrogen-bond donors (Lipinski definition) is 3. The summed E-state index contributed by atoms with van der Waals surface area (Å²) in [5.41, 5.74) is 0.173. The lowest BCUT2D eigenvalue weighted by Gasteiger charge is -2.29. The molecule has 2 aromatic carbocycles. The normalized spacial score (nSPS) is 19.3. The van der Waals surface area contributed by atoms with Crippen molar-refractivity contribution in [1.29, 1.82) is 0 Å². The van der Waals surface area contributed by atoms with Gasteiger partial charge in [-0.25, -0.2) is 4.39 Å². The van der Waals surface area contributed by atoms with Gasteiger partial charge in [0.1, 0.15) is 11.6 Å². The van der Waals surface area contributed by atoms with Gasteiger partial charge in [-0.05, 0) is 62.3 Å². The molecule has 0 bridgehead atoms. The third kappa shape index (κ3) is 6.19. The van der Waals surface area contributed by atoms with E-state index >= 15 is 0 Å². The van der Waals surface area contributed by atoms with Gasteiger partial charge < -0.3 is 15.7 Å². The highest BCUT2D eigenvalue weighted by Crippen LogP contribution is 2.30. The Hall–Kier alpha value is -2.61. The van der Waals surface area contributed by atoms with Gasteiger partial charge in [-0.1, -0.05) is 18.2 Å². The molecule has 0 aliphatic heterocycles. The first kappa shape index (κ1) is 23.1. The van der Waals surface area contributed by atoms with Crippen molar-refractivity contribution in [3.63, 3.8) is 0 Å². The van der Waals surface area contributed by atoms with Crippen LogP contribution >= 0.6 is 0 Å². The van der Waals surface area contributed by atoms with Crippen LogP contribution < -0.4 is 10.6 Å². The van der Waals surface area contributed by atoms with Crippen molar-refractivity contribution in [2.24, 2.45) is 5.92 Å². The molecule has 0 radical (unpaired) electrons. The van der Waals surface area contributed by atoms with Gasteiger partial charge in [-0.15, -0.1) is 0 Å². The SMILES string of the molecule is Cc1cccc(CN[C@H]2CC[C@@H](CNC(=O)c3cc(F)cc(C(F)(F)F)c3)CC2)c1O. The van der Waals surface area contributed by atoms with E-state index < -0.39 is 23.5 Å². The second kappa shape index (κ2) is 9.68. The Kier molecular flexibility index (Phi) is 7.20. The molecule has 1 aliphatic carbocycles. The molecule has 4 nitrogen and oxygen atoms in total. The van der Waals surface area contributed by atoms with Crippen LogP contribution in [0.2, 0.25) is 0 Å². The molecule has 3 rings (SSSR count). The molecule has 8 heteroatoms. The Morgan fingerprint density at radius 3 is 2.52 bits per heavy atom. The summed E-state index contributed by atoms with van der Waals surface area (Å²) in [5, 5.41) is 16.2. The summed E-state index contributed by atoms with van der Waals surface area (Å²) in [5.74, 6) is -1.28. The lowest BCUT2D eigenvalue weighted by Crippen LogP contribution is -2.36. The molecule has 0 heterocycles. The highest BCUT2D eigenvalue weighted by Gasteiger charge is 2.32. The van der Waals surface area contributed by atoms with E-state index in [-0.39, 0.29) is 11.5 Å². The predicted molar refractivity (Wildman–Crippen MR) is 109 cm³/mol. The number of phenols is 1. The molecule has 3 N–H and O–H groups in total. The van der Waals surface area contributed by atoms with Crippen molar-refractivity contribution < 1.29 is 27.5 Å². The first-order chi connectivity index (χ1) is 14.6. The summed E-state index contributed by atoms with van der Waals surface area (Å²) in [6.07, 6.45) is -1.21. The summed E-state index contributed by atoms with van der Waals surface area (Å²) in [7, 11) is 0. The summed E-state index contributed by atoms with van der Waals surface area (Å²) in [4.78, 5) is 12.2. The number of halogens is 4. The number of benzene rings is 2. The van der Waals surface area contributed by atoms with E-state index in [1.165, 1.54) is 0 Å². The van der Waals surface area contributed by atoms with E-state index in [4.69, 9.17) is 0 Å². The molecular formula is C23H26F4N2O2. The van der Waals surface area contributed by atoms with Crippen molar-refractivity contribution in [3.8, 4) is 5.75 Å². The number of rotatable bonds is 6. The molecule has 1 aliphatic rings. The number of nitrogens with one attached hydrogen (secondary N) is 2. The van der Waals surface area contributed by atoms with Gasteiger partial charge in [0, 0.05) is 30.3 Å². The monoisotopic (exact) mass is 438 g/mol. The first-order valence-corrected chi connectivity index (χ1v) is 10.3. The van der Waals surface area contributed by atoms with Crippen LogP contribution in [0.4, 0.5) is 17.6 Å². The van der Waals surface area contributed by atoms with Crippen LogP contribution in [0.1, 0.15) is 52.7 Å². The number of carbonyl (C=O) groups excluding carboxylic acids is 1. The van der Waals surface area contributed by atoms with Gasteiger partial charge in [0.2, 0.25) is 0 Å². The zero-order valence-corrected chi connectivity index (χ0v) is 17.2. The largest absolute Gasteiger partial charge is 0.507 e. The standard InChI is InChI=1S/C23H26F4N2O2/c1-14-3-2-4-16(21(14)30)13-28-20-7-5-15(6-8-20)12-29-22(31)17-9-18(23(25,26)27)11-19(24)10-17/h2-4,9-11,15,20,28,30H,5-8,12-13H2,1H3,(H,29,31)/t15-,20+. The van der Waals surface area contributed by atoms with Crippen molar-refractivity contribution in [2.45, 2.75) is 51.4 Å². The van der Waals surface area contributed by atoms with Gasteiger partial charge in [0.05, 0.1) is 5.56 Å². The van der Waals surface area contributed by atoms with Crippen LogP contribution in [0.5, 0.6) is 5.75 Å². The Morgan fingerprint density at radius 2 is 1.84 bits per heavy atom. The summed E-state index contributed by atoms with van der Waals surface area (Å²) in [6, 6.07) is 7.79. The fourth-order valence-electron chi connectivity index (χ4n) is 3.91. The molecule has 0 spiro atoms. The Morgan fingerprint density at radius 1 is 1.13 bits per heavy atom. The summed E-state index contributed by atoms with van der Waals surface area (Å²) in [6.45, 7) is 2.76. The number of aryl methyl sites for hydroxylation is 1. The smallest absolute Gasteiger partial charge is 0.416 e. The number of amides is 1. The quantitative estimate of drug-likeness (QED) is 0.560. The summed E-state index contributed by atoms with van der Waals surface area (Å²) < 4.78 is 52.0. The second-order valence-corrected chi connectivity index (χ2v) is 8.12. The van der Waals surface area contributed by atoms with Crippen LogP contribution in [0.25, 0.3) is 0 Å². The highest BCUT2D eigenvalue weighted by atomic mass is 19.4. The van der Waals surface area contributed by atoms with Gasteiger partial charge in [-0.3, -0.25) is 4.79 Å². The molecule has 0 atom stereocenters. The van der Waals surface area contributed by atoms with E-state index in [2.05, 4.69) is 10.6 Å². The number of carbonyl (C=O) groups is 1. The van der Waals surface area contributed by atoms with Crippen LogP contribution in [-0.2, 0) is 12.7 Å². The van der Waals surface area contributed by atoms with Crippen LogP contribution in [0.15, 0.2) is 36.4 Å². The average Bonchev–Trinajstić information content (AvgIpc) is 2.72. The zero-order valence-electron chi connectivity index (χ0n) is 17.2. The minimum atomic E-state index is -4.71. The molecule has 2 aromatic rings.